The summed E-state index contributed by atoms with van der Waals surface area (Å²) >= 11 is 0. The van der Waals surface area contributed by atoms with Crippen LogP contribution in [0.1, 0.15) is 46.0 Å². The van der Waals surface area contributed by atoms with Gasteiger partial charge in [0.25, 0.3) is 16.8 Å². The summed E-state index contributed by atoms with van der Waals surface area (Å²) in [5.41, 5.74) is -0.283. The molecule has 1 fully saturated rings. The van der Waals surface area contributed by atoms with Crippen molar-refractivity contribution in [3.05, 3.63) is 43.6 Å². The molecule has 1 heterocycles. The van der Waals surface area contributed by atoms with E-state index >= 15 is 0 Å². The van der Waals surface area contributed by atoms with Gasteiger partial charge in [-0.2, -0.15) is 0 Å². The lowest BCUT2D eigenvalue weighted by Crippen LogP contribution is -2.42. The second-order valence-corrected chi connectivity index (χ2v) is 7.94. The predicted molar refractivity (Wildman–Crippen MR) is 112 cm³/mol. The average molecular weight is 403 g/mol. The van der Waals surface area contributed by atoms with Crippen molar-refractivity contribution in [2.75, 3.05) is 24.7 Å². The van der Waals surface area contributed by atoms with E-state index in [0.717, 1.165) is 19.3 Å². The topological polar surface area (TPSA) is 108 Å². The zero-order valence-electron chi connectivity index (χ0n) is 17.4. The van der Waals surface area contributed by atoms with Crippen molar-refractivity contribution in [3.8, 4) is 0 Å². The van der Waals surface area contributed by atoms with Crippen LogP contribution in [0.3, 0.4) is 0 Å². The van der Waals surface area contributed by atoms with Crippen LogP contribution in [0.4, 0.5) is 11.4 Å². The first-order valence-electron chi connectivity index (χ1n) is 10.1. The molecule has 0 spiro atoms. The minimum Gasteiger partial charge on any atom is -0.505 e. The number of aliphatic hydroxyl groups excluding tert-OH is 1. The molecular weight excluding hydrogens is 374 g/mol. The van der Waals surface area contributed by atoms with E-state index in [2.05, 4.69) is 10.6 Å². The van der Waals surface area contributed by atoms with E-state index in [0.29, 0.717) is 18.5 Å². The highest BCUT2D eigenvalue weighted by Crippen LogP contribution is 2.29. The van der Waals surface area contributed by atoms with E-state index in [4.69, 9.17) is 4.74 Å². The standard InChI is InChI=1S/C21H29N3O5/c1-5-13(15-10-9-11(2)29-15)22-16-17(20(27)19(16)26)23-14-8-6-7-12(18(14)25)21(28)24(3)4/h7,11,13,15,22-23,25H,5-6,8-10H2,1-4H3/t11-,13-,15-/m1/s1. The maximum Gasteiger partial charge on any atom is 0.256 e. The van der Waals surface area contributed by atoms with Crippen molar-refractivity contribution < 1.29 is 14.6 Å². The van der Waals surface area contributed by atoms with Crippen LogP contribution in [-0.2, 0) is 9.53 Å². The van der Waals surface area contributed by atoms with Crippen molar-refractivity contribution in [1.82, 2.24) is 4.90 Å². The van der Waals surface area contributed by atoms with E-state index in [1.165, 1.54) is 4.90 Å². The molecule has 2 aliphatic rings. The number of amides is 1. The largest absolute Gasteiger partial charge is 0.505 e. The Hall–Kier alpha value is -2.61. The Morgan fingerprint density at radius 3 is 2.55 bits per heavy atom. The fraction of sp³-hybridized carbons (Fsp3) is 0.571. The monoisotopic (exact) mass is 403 g/mol. The lowest BCUT2D eigenvalue weighted by molar-refractivity contribution is -0.124. The molecular formula is C21H29N3O5. The van der Waals surface area contributed by atoms with E-state index in [-0.39, 0.29) is 46.9 Å². The third-order valence-electron chi connectivity index (χ3n) is 5.59. The summed E-state index contributed by atoms with van der Waals surface area (Å²) in [6.07, 6.45) is 5.45. The van der Waals surface area contributed by atoms with Crippen LogP contribution in [0, 0.1) is 0 Å². The minimum absolute atomic E-state index is 0.0122. The molecule has 1 aromatic rings. The molecule has 0 unspecified atom stereocenters. The van der Waals surface area contributed by atoms with E-state index < -0.39 is 10.9 Å². The average Bonchev–Trinajstić information content (AvgIpc) is 3.13. The van der Waals surface area contributed by atoms with Crippen molar-refractivity contribution in [3.63, 3.8) is 0 Å². The Balaban J connectivity index is 1.81. The van der Waals surface area contributed by atoms with Gasteiger partial charge in [-0.1, -0.05) is 13.0 Å². The number of nitrogens with zero attached hydrogens (tertiary/aromatic N) is 1. The second-order valence-electron chi connectivity index (χ2n) is 7.94. The fourth-order valence-electron chi connectivity index (χ4n) is 3.86. The summed E-state index contributed by atoms with van der Waals surface area (Å²) in [6, 6.07) is -0.0801. The highest BCUT2D eigenvalue weighted by Gasteiger charge is 2.32. The van der Waals surface area contributed by atoms with Crippen molar-refractivity contribution in [2.45, 2.75) is 64.2 Å². The van der Waals surface area contributed by atoms with Gasteiger partial charge in [-0.25, -0.2) is 0 Å². The number of allylic oxidation sites excluding steroid dienone is 2. The highest BCUT2D eigenvalue weighted by molar-refractivity contribution is 5.97. The molecule has 3 rings (SSSR count). The minimum atomic E-state index is -0.626. The molecule has 0 saturated carbocycles. The molecule has 1 aliphatic carbocycles. The molecule has 0 bridgehead atoms. The van der Waals surface area contributed by atoms with Crippen LogP contribution >= 0.6 is 0 Å². The van der Waals surface area contributed by atoms with Crippen molar-refractivity contribution in [2.24, 2.45) is 0 Å². The lowest BCUT2D eigenvalue weighted by atomic mass is 9.99. The molecule has 1 saturated heterocycles. The van der Waals surface area contributed by atoms with Gasteiger partial charge in [-0.05, 0) is 39.0 Å². The lowest BCUT2D eigenvalue weighted by Gasteiger charge is -2.27. The zero-order valence-corrected chi connectivity index (χ0v) is 17.4. The maximum atomic E-state index is 12.2. The molecule has 0 aromatic heterocycles. The van der Waals surface area contributed by atoms with E-state index in [1.807, 2.05) is 13.8 Å². The number of hydrogen-bond donors (Lipinski definition) is 3. The number of carbonyl (C=O) groups excluding carboxylic acids is 1. The molecule has 1 aromatic carbocycles. The Bertz CT molecular complexity index is 923. The number of anilines is 2. The van der Waals surface area contributed by atoms with Gasteiger partial charge in [0.1, 0.15) is 17.1 Å². The number of hydrogen-bond acceptors (Lipinski definition) is 7. The van der Waals surface area contributed by atoms with Crippen LogP contribution in [0.2, 0.25) is 0 Å². The zero-order chi connectivity index (χ0) is 21.3. The number of aliphatic hydroxyl groups is 1. The summed E-state index contributed by atoms with van der Waals surface area (Å²) in [5.74, 6) is -0.502. The first-order chi connectivity index (χ1) is 13.7. The van der Waals surface area contributed by atoms with Gasteiger partial charge in [0, 0.05) is 14.1 Å². The molecule has 3 N–H and O–H groups in total. The van der Waals surface area contributed by atoms with Crippen LogP contribution < -0.4 is 21.5 Å². The third-order valence-corrected chi connectivity index (χ3v) is 5.59. The molecule has 3 atom stereocenters. The van der Waals surface area contributed by atoms with Gasteiger partial charge >= 0.3 is 0 Å². The summed E-state index contributed by atoms with van der Waals surface area (Å²) in [7, 11) is 3.21. The Labute approximate surface area is 169 Å². The fourth-order valence-corrected chi connectivity index (χ4v) is 3.86. The number of nitrogens with one attached hydrogen (secondary N) is 2. The Morgan fingerprint density at radius 1 is 1.28 bits per heavy atom. The van der Waals surface area contributed by atoms with Crippen LogP contribution in [0.5, 0.6) is 0 Å². The van der Waals surface area contributed by atoms with Gasteiger partial charge in [0.15, 0.2) is 0 Å². The quantitative estimate of drug-likeness (QED) is 0.598. The molecule has 8 nitrogen and oxygen atoms in total. The number of likely N-dealkylation sites (N-methyl/N-ethyl adjacent to an activating group) is 1. The first-order valence-corrected chi connectivity index (χ1v) is 10.1. The van der Waals surface area contributed by atoms with Crippen molar-refractivity contribution in [1.29, 1.82) is 0 Å². The van der Waals surface area contributed by atoms with Gasteiger partial charge in [-0.15, -0.1) is 0 Å². The molecule has 8 heteroatoms. The van der Waals surface area contributed by atoms with Gasteiger partial charge in [0.2, 0.25) is 0 Å². The number of carbonyl (C=O) groups is 1. The normalized spacial score (nSPS) is 23.1. The highest BCUT2D eigenvalue weighted by atomic mass is 16.5. The number of ether oxygens (including phenoxy) is 1. The Kier molecular flexibility index (Phi) is 6.12. The second kappa shape index (κ2) is 8.41. The third kappa shape index (κ3) is 4.07. The maximum absolute atomic E-state index is 12.2. The molecule has 1 aliphatic heterocycles. The van der Waals surface area contributed by atoms with Crippen LogP contribution in [0.25, 0.3) is 0 Å². The molecule has 1 amide bonds. The number of rotatable bonds is 7. The van der Waals surface area contributed by atoms with E-state index in [9.17, 15) is 19.5 Å². The van der Waals surface area contributed by atoms with E-state index in [1.54, 1.807) is 20.2 Å². The summed E-state index contributed by atoms with van der Waals surface area (Å²) in [5, 5.41) is 16.6. The smallest absolute Gasteiger partial charge is 0.256 e. The van der Waals surface area contributed by atoms with Crippen LogP contribution in [-0.4, -0.2) is 48.3 Å². The van der Waals surface area contributed by atoms with Gasteiger partial charge in [0.05, 0.1) is 29.5 Å². The van der Waals surface area contributed by atoms with Crippen molar-refractivity contribution >= 4 is 17.3 Å². The molecule has 29 heavy (non-hydrogen) atoms. The van der Waals surface area contributed by atoms with Gasteiger partial charge in [-0.3, -0.25) is 14.4 Å². The predicted octanol–water partition coefficient (Wildman–Crippen LogP) is 2.03. The Morgan fingerprint density at radius 2 is 1.97 bits per heavy atom. The summed E-state index contributed by atoms with van der Waals surface area (Å²) in [4.78, 5) is 38.0. The first kappa shape index (κ1) is 21.1. The summed E-state index contributed by atoms with van der Waals surface area (Å²) in [6.45, 7) is 4.03. The molecule has 158 valence electrons. The molecule has 0 radical (unpaired) electrons. The SMILES string of the molecule is CC[C@@H](Nc1c(NC2=C(O)C(C(=O)N(C)C)=CCC2)c(=O)c1=O)[C@H]1CC[C@@H](C)O1. The van der Waals surface area contributed by atoms with Gasteiger partial charge < -0.3 is 25.4 Å². The van der Waals surface area contributed by atoms with Crippen LogP contribution in [0.15, 0.2) is 32.7 Å². The summed E-state index contributed by atoms with van der Waals surface area (Å²) < 4.78 is 5.91.